The maximum atomic E-state index is 12.9. The van der Waals surface area contributed by atoms with Crippen molar-refractivity contribution in [2.45, 2.75) is 43.2 Å². The fraction of sp³-hybridized carbons (Fsp3) is 0.600. The van der Waals surface area contributed by atoms with E-state index in [1.165, 1.54) is 0 Å². The Labute approximate surface area is 137 Å². The van der Waals surface area contributed by atoms with Crippen LogP contribution in [-0.2, 0) is 15.9 Å². The summed E-state index contributed by atoms with van der Waals surface area (Å²) in [7, 11) is -3.45. The van der Waals surface area contributed by atoms with Gasteiger partial charge in [-0.2, -0.15) is 16.1 Å². The van der Waals surface area contributed by atoms with Crippen molar-refractivity contribution in [3.05, 3.63) is 28.8 Å². The van der Waals surface area contributed by atoms with E-state index in [0.717, 1.165) is 22.4 Å². The van der Waals surface area contributed by atoms with Gasteiger partial charge >= 0.3 is 0 Å². The van der Waals surface area contributed by atoms with Crippen LogP contribution in [0.25, 0.3) is 0 Å². The molecule has 6 heteroatoms. The van der Waals surface area contributed by atoms with Gasteiger partial charge in [-0.15, -0.1) is 11.6 Å². The molecule has 2 rings (SSSR count). The van der Waals surface area contributed by atoms with Crippen molar-refractivity contribution < 1.29 is 8.42 Å². The highest BCUT2D eigenvalue weighted by Gasteiger charge is 2.35. The number of halogens is 1. The number of aryl methyl sites for hydroxylation is 2. The highest BCUT2D eigenvalue weighted by Crippen LogP contribution is 2.33. The van der Waals surface area contributed by atoms with Crippen LogP contribution >= 0.6 is 23.4 Å². The zero-order valence-electron chi connectivity index (χ0n) is 12.9. The number of hydrogen-bond donors (Lipinski definition) is 0. The van der Waals surface area contributed by atoms with E-state index in [0.29, 0.717) is 23.9 Å². The van der Waals surface area contributed by atoms with Gasteiger partial charge in [0.2, 0.25) is 10.0 Å². The highest BCUT2D eigenvalue weighted by molar-refractivity contribution is 8.00. The van der Waals surface area contributed by atoms with E-state index in [-0.39, 0.29) is 4.75 Å². The summed E-state index contributed by atoms with van der Waals surface area (Å²) in [6.45, 7) is 9.10. The Morgan fingerprint density at radius 2 is 1.95 bits per heavy atom. The Morgan fingerprint density at radius 1 is 1.29 bits per heavy atom. The Hall–Kier alpha value is -0.230. The Balaban J connectivity index is 2.44. The minimum atomic E-state index is -3.45. The first-order chi connectivity index (χ1) is 9.67. The number of hydrogen-bond acceptors (Lipinski definition) is 3. The fourth-order valence-electron chi connectivity index (χ4n) is 2.61. The Kier molecular flexibility index (Phi) is 4.98. The first-order valence-corrected chi connectivity index (χ1v) is 9.93. The SMILES string of the molecule is Cc1cc(C)c(S(=O)(=O)N2CCSC(C)(C)C2)cc1CCl. The van der Waals surface area contributed by atoms with Gasteiger partial charge in [-0.25, -0.2) is 8.42 Å². The molecule has 1 aliphatic rings. The van der Waals surface area contributed by atoms with E-state index >= 15 is 0 Å². The lowest BCUT2D eigenvalue weighted by Gasteiger charge is -2.37. The third-order valence-electron chi connectivity index (χ3n) is 3.79. The molecule has 3 nitrogen and oxygen atoms in total. The van der Waals surface area contributed by atoms with Crippen LogP contribution in [0.1, 0.15) is 30.5 Å². The zero-order chi connectivity index (χ0) is 15.8. The van der Waals surface area contributed by atoms with E-state index in [9.17, 15) is 8.42 Å². The van der Waals surface area contributed by atoms with Crippen LogP contribution < -0.4 is 0 Å². The number of nitrogens with zero attached hydrogens (tertiary/aromatic N) is 1. The third-order valence-corrected chi connectivity index (χ3v) is 7.36. The van der Waals surface area contributed by atoms with Gasteiger partial charge in [0.05, 0.1) is 4.90 Å². The average Bonchev–Trinajstić information content (AvgIpc) is 2.37. The molecule has 1 saturated heterocycles. The molecule has 0 atom stereocenters. The molecule has 1 aliphatic heterocycles. The Bertz CT molecular complexity index is 641. The van der Waals surface area contributed by atoms with Crippen molar-refractivity contribution in [3.8, 4) is 0 Å². The lowest BCUT2D eigenvalue weighted by molar-refractivity contribution is 0.387. The van der Waals surface area contributed by atoms with Gasteiger partial charge in [-0.05, 0) is 50.5 Å². The van der Waals surface area contributed by atoms with Crippen LogP contribution in [0.3, 0.4) is 0 Å². The molecule has 0 saturated carbocycles. The summed E-state index contributed by atoms with van der Waals surface area (Å²) >= 11 is 7.75. The molecule has 0 bridgehead atoms. The van der Waals surface area contributed by atoms with Crippen LogP contribution in [-0.4, -0.2) is 36.3 Å². The van der Waals surface area contributed by atoms with E-state index < -0.39 is 10.0 Å². The van der Waals surface area contributed by atoms with Crippen LogP contribution in [0.5, 0.6) is 0 Å². The molecule has 1 aromatic rings. The largest absolute Gasteiger partial charge is 0.243 e. The molecule has 1 heterocycles. The maximum absolute atomic E-state index is 12.9. The summed E-state index contributed by atoms with van der Waals surface area (Å²) in [6.07, 6.45) is 0. The minimum absolute atomic E-state index is 0.0424. The summed E-state index contributed by atoms with van der Waals surface area (Å²) in [5, 5.41) is 0. The number of sulfonamides is 1. The fourth-order valence-corrected chi connectivity index (χ4v) is 6.07. The molecule has 1 fully saturated rings. The molecule has 0 radical (unpaired) electrons. The predicted molar refractivity (Wildman–Crippen MR) is 90.8 cm³/mol. The smallest absolute Gasteiger partial charge is 0.207 e. The lowest BCUT2D eigenvalue weighted by atomic mass is 10.1. The number of alkyl halides is 1. The average molecular weight is 348 g/mol. The summed E-state index contributed by atoms with van der Waals surface area (Å²) in [5.74, 6) is 1.16. The standard InChI is InChI=1S/C15H22ClNO2S2/c1-11-7-12(2)14(8-13(11)9-16)21(18,19)17-5-6-20-15(3,4)10-17/h7-8H,5-6,9-10H2,1-4H3. The van der Waals surface area contributed by atoms with Gasteiger partial charge in [-0.3, -0.25) is 0 Å². The van der Waals surface area contributed by atoms with E-state index in [2.05, 4.69) is 13.8 Å². The first-order valence-electron chi connectivity index (χ1n) is 6.97. The highest BCUT2D eigenvalue weighted by atomic mass is 35.5. The molecular formula is C15H22ClNO2S2. The van der Waals surface area contributed by atoms with E-state index in [4.69, 9.17) is 11.6 Å². The van der Waals surface area contributed by atoms with E-state index in [1.807, 2.05) is 31.7 Å². The summed E-state index contributed by atoms with van der Waals surface area (Å²) in [4.78, 5) is 0.395. The predicted octanol–water partition coefficient (Wildman–Crippen LogP) is 3.56. The number of benzene rings is 1. The van der Waals surface area contributed by atoms with Crippen molar-refractivity contribution in [2.24, 2.45) is 0 Å². The number of thioether (sulfide) groups is 1. The monoisotopic (exact) mass is 347 g/mol. The van der Waals surface area contributed by atoms with Crippen molar-refractivity contribution in [2.75, 3.05) is 18.8 Å². The normalized spacial score (nSPS) is 19.7. The molecule has 118 valence electrons. The second kappa shape index (κ2) is 6.11. The molecule has 0 spiro atoms. The molecule has 0 unspecified atom stereocenters. The summed E-state index contributed by atoms with van der Waals surface area (Å²) in [5.41, 5.74) is 2.71. The minimum Gasteiger partial charge on any atom is -0.207 e. The van der Waals surface area contributed by atoms with Crippen LogP contribution in [0, 0.1) is 13.8 Å². The zero-order valence-corrected chi connectivity index (χ0v) is 15.3. The topological polar surface area (TPSA) is 37.4 Å². The molecule has 0 amide bonds. The molecule has 0 aromatic heterocycles. The van der Waals surface area contributed by atoms with Gasteiger partial charge in [0.15, 0.2) is 0 Å². The van der Waals surface area contributed by atoms with Crippen molar-refractivity contribution >= 4 is 33.4 Å². The van der Waals surface area contributed by atoms with Gasteiger partial charge in [0, 0.05) is 29.5 Å². The third kappa shape index (κ3) is 3.58. The molecule has 0 N–H and O–H groups in total. The second-order valence-electron chi connectivity index (χ2n) is 6.12. The Morgan fingerprint density at radius 3 is 2.52 bits per heavy atom. The van der Waals surface area contributed by atoms with Gasteiger partial charge in [-0.1, -0.05) is 6.07 Å². The van der Waals surface area contributed by atoms with Gasteiger partial charge in [0.25, 0.3) is 0 Å². The van der Waals surface area contributed by atoms with Crippen LogP contribution in [0.15, 0.2) is 17.0 Å². The van der Waals surface area contributed by atoms with Crippen molar-refractivity contribution in [3.63, 3.8) is 0 Å². The molecular weight excluding hydrogens is 326 g/mol. The van der Waals surface area contributed by atoms with Crippen molar-refractivity contribution in [1.82, 2.24) is 4.31 Å². The maximum Gasteiger partial charge on any atom is 0.243 e. The van der Waals surface area contributed by atoms with E-state index in [1.54, 1.807) is 10.4 Å². The lowest BCUT2D eigenvalue weighted by Crippen LogP contribution is -2.46. The first kappa shape index (κ1) is 17.1. The summed E-state index contributed by atoms with van der Waals surface area (Å²) < 4.78 is 27.5. The second-order valence-corrected chi connectivity index (χ2v) is 10.1. The molecule has 0 aliphatic carbocycles. The van der Waals surface area contributed by atoms with Crippen LogP contribution in [0.2, 0.25) is 0 Å². The molecule has 21 heavy (non-hydrogen) atoms. The van der Waals surface area contributed by atoms with Crippen molar-refractivity contribution in [1.29, 1.82) is 0 Å². The van der Waals surface area contributed by atoms with Crippen LogP contribution in [0.4, 0.5) is 0 Å². The quantitative estimate of drug-likeness (QED) is 0.784. The number of rotatable bonds is 3. The summed E-state index contributed by atoms with van der Waals surface area (Å²) in [6, 6.07) is 3.65. The van der Waals surface area contributed by atoms with Gasteiger partial charge in [0.1, 0.15) is 0 Å². The molecule has 1 aromatic carbocycles. The van der Waals surface area contributed by atoms with Gasteiger partial charge < -0.3 is 0 Å².